The van der Waals surface area contributed by atoms with Crippen molar-refractivity contribution in [2.75, 3.05) is 6.61 Å². The van der Waals surface area contributed by atoms with Crippen LogP contribution in [0, 0.1) is 23.2 Å². The van der Waals surface area contributed by atoms with Gasteiger partial charge in [0.25, 0.3) is 0 Å². The van der Waals surface area contributed by atoms with Crippen molar-refractivity contribution in [1.82, 2.24) is 0 Å². The lowest BCUT2D eigenvalue weighted by molar-refractivity contribution is -0.155. The summed E-state index contributed by atoms with van der Waals surface area (Å²) in [7, 11) is 0. The summed E-state index contributed by atoms with van der Waals surface area (Å²) >= 11 is 0. The summed E-state index contributed by atoms with van der Waals surface area (Å²) in [5.41, 5.74) is 1.47. The van der Waals surface area contributed by atoms with Crippen LogP contribution in [0.25, 0.3) is 0 Å². The highest BCUT2D eigenvalue weighted by atomic mass is 16.5. The van der Waals surface area contributed by atoms with Gasteiger partial charge in [0.2, 0.25) is 0 Å². The molecule has 0 aromatic heterocycles. The van der Waals surface area contributed by atoms with E-state index < -0.39 is 0 Å². The molecule has 1 aliphatic carbocycles. The molecule has 2 heteroatoms. The molecule has 104 valence electrons. The van der Waals surface area contributed by atoms with Gasteiger partial charge in [0.15, 0.2) is 0 Å². The second kappa shape index (κ2) is 5.90. The third-order valence-electron chi connectivity index (χ3n) is 4.81. The maximum Gasteiger partial charge on any atom is 0.308 e. The molecule has 1 aliphatic rings. The number of esters is 1. The van der Waals surface area contributed by atoms with E-state index in [0.717, 1.165) is 19.3 Å². The number of carbonyl (C=O) groups excluding carboxylic acids is 1. The van der Waals surface area contributed by atoms with Gasteiger partial charge in [0.05, 0.1) is 12.5 Å². The van der Waals surface area contributed by atoms with Crippen LogP contribution < -0.4 is 0 Å². The Kier molecular flexibility index (Phi) is 5.01. The Balaban J connectivity index is 2.43. The predicted octanol–water partition coefficient (Wildman–Crippen LogP) is 4.20. The van der Waals surface area contributed by atoms with Crippen LogP contribution in [0.4, 0.5) is 0 Å². The minimum absolute atomic E-state index is 0.0189. The van der Waals surface area contributed by atoms with Crippen molar-refractivity contribution in [3.05, 3.63) is 12.2 Å². The Hall–Kier alpha value is -0.790. The van der Waals surface area contributed by atoms with E-state index >= 15 is 0 Å². The van der Waals surface area contributed by atoms with Gasteiger partial charge < -0.3 is 4.74 Å². The first-order valence-corrected chi connectivity index (χ1v) is 7.16. The third-order valence-corrected chi connectivity index (χ3v) is 4.81. The lowest BCUT2D eigenvalue weighted by Gasteiger charge is -2.52. The van der Waals surface area contributed by atoms with Crippen LogP contribution in [-0.2, 0) is 9.53 Å². The molecule has 0 N–H and O–H groups in total. The van der Waals surface area contributed by atoms with Crippen molar-refractivity contribution in [2.45, 2.75) is 53.9 Å². The van der Waals surface area contributed by atoms with Gasteiger partial charge in [0, 0.05) is 0 Å². The molecule has 0 radical (unpaired) electrons. The van der Waals surface area contributed by atoms with Crippen molar-refractivity contribution in [1.29, 1.82) is 0 Å². The Morgan fingerprint density at radius 2 is 1.94 bits per heavy atom. The summed E-state index contributed by atoms with van der Waals surface area (Å²) in [5.74, 6) is 1.12. The Labute approximate surface area is 112 Å². The SMILES string of the molecule is C=C(C)C1CC(COC(=O)C(CC)CC)C1(C)C. The molecule has 0 aromatic rings. The molecule has 0 bridgehead atoms. The van der Waals surface area contributed by atoms with Gasteiger partial charge in [-0.25, -0.2) is 0 Å². The first kappa shape index (κ1) is 15.3. The highest BCUT2D eigenvalue weighted by molar-refractivity contribution is 5.72. The zero-order valence-corrected chi connectivity index (χ0v) is 12.6. The normalized spacial score (nSPS) is 25.7. The van der Waals surface area contributed by atoms with Crippen LogP contribution in [0.1, 0.15) is 53.9 Å². The average molecular weight is 252 g/mol. The van der Waals surface area contributed by atoms with Crippen LogP contribution in [0.5, 0.6) is 0 Å². The first-order valence-electron chi connectivity index (χ1n) is 7.16. The maximum atomic E-state index is 11.8. The van der Waals surface area contributed by atoms with Crippen LogP contribution in [0.2, 0.25) is 0 Å². The van der Waals surface area contributed by atoms with Crippen molar-refractivity contribution < 1.29 is 9.53 Å². The van der Waals surface area contributed by atoms with E-state index in [2.05, 4.69) is 27.4 Å². The van der Waals surface area contributed by atoms with Crippen LogP contribution in [0.3, 0.4) is 0 Å². The summed E-state index contributed by atoms with van der Waals surface area (Å²) in [4.78, 5) is 11.8. The maximum absolute atomic E-state index is 11.8. The quantitative estimate of drug-likeness (QED) is 0.523. The molecule has 0 saturated heterocycles. The Morgan fingerprint density at radius 3 is 2.33 bits per heavy atom. The van der Waals surface area contributed by atoms with Gasteiger partial charge in [-0.2, -0.15) is 0 Å². The van der Waals surface area contributed by atoms with E-state index in [1.807, 2.05) is 13.8 Å². The van der Waals surface area contributed by atoms with E-state index in [-0.39, 0.29) is 17.3 Å². The van der Waals surface area contributed by atoms with Gasteiger partial charge in [-0.1, -0.05) is 39.8 Å². The molecule has 18 heavy (non-hydrogen) atoms. The number of rotatable bonds is 6. The van der Waals surface area contributed by atoms with Crippen molar-refractivity contribution >= 4 is 5.97 Å². The van der Waals surface area contributed by atoms with Crippen molar-refractivity contribution in [3.63, 3.8) is 0 Å². The van der Waals surface area contributed by atoms with E-state index in [1.165, 1.54) is 5.57 Å². The zero-order valence-electron chi connectivity index (χ0n) is 12.6. The van der Waals surface area contributed by atoms with Crippen LogP contribution in [0.15, 0.2) is 12.2 Å². The Bertz CT molecular complexity index is 313. The predicted molar refractivity (Wildman–Crippen MR) is 75.2 cm³/mol. The molecule has 0 aliphatic heterocycles. The highest BCUT2D eigenvalue weighted by Crippen LogP contribution is 2.54. The highest BCUT2D eigenvalue weighted by Gasteiger charge is 2.48. The first-order chi connectivity index (χ1) is 8.34. The number of hydrogen-bond donors (Lipinski definition) is 0. The molecule has 1 saturated carbocycles. The zero-order chi connectivity index (χ0) is 13.9. The molecule has 0 heterocycles. The summed E-state index contributed by atoms with van der Waals surface area (Å²) in [5, 5.41) is 0. The number of hydrogen-bond acceptors (Lipinski definition) is 2. The van der Waals surface area contributed by atoms with Crippen molar-refractivity contribution in [3.8, 4) is 0 Å². The van der Waals surface area contributed by atoms with Gasteiger partial charge in [-0.3, -0.25) is 4.79 Å². The molecule has 2 nitrogen and oxygen atoms in total. The number of allylic oxidation sites excluding steroid dienone is 1. The fourth-order valence-electron chi connectivity index (χ4n) is 3.06. The van der Waals surface area contributed by atoms with E-state index in [4.69, 9.17) is 4.74 Å². The molecule has 0 spiro atoms. The second-order valence-corrected chi connectivity index (χ2v) is 6.30. The number of carbonyl (C=O) groups is 1. The standard InChI is InChI=1S/C16H28O2/c1-7-12(8-2)15(17)18-10-13-9-14(11(3)4)16(13,5)6/h12-14H,3,7-10H2,1-2,4-6H3. The third kappa shape index (κ3) is 2.96. The second-order valence-electron chi connectivity index (χ2n) is 6.30. The van der Waals surface area contributed by atoms with Gasteiger partial charge in [-0.15, -0.1) is 0 Å². The lowest BCUT2D eigenvalue weighted by atomic mass is 9.53. The molecular weight excluding hydrogens is 224 g/mol. The molecule has 1 fully saturated rings. The summed E-state index contributed by atoms with van der Waals surface area (Å²) in [6.07, 6.45) is 2.86. The van der Waals surface area contributed by atoms with E-state index in [1.54, 1.807) is 0 Å². The molecule has 2 atom stereocenters. The van der Waals surface area contributed by atoms with Gasteiger partial charge >= 0.3 is 5.97 Å². The fraction of sp³-hybridized carbons (Fsp3) is 0.812. The van der Waals surface area contributed by atoms with Gasteiger partial charge in [-0.05, 0) is 43.4 Å². The Morgan fingerprint density at radius 1 is 1.39 bits per heavy atom. The molecule has 0 amide bonds. The topological polar surface area (TPSA) is 26.3 Å². The molecule has 2 unspecified atom stereocenters. The fourth-order valence-corrected chi connectivity index (χ4v) is 3.06. The van der Waals surface area contributed by atoms with Crippen LogP contribution in [-0.4, -0.2) is 12.6 Å². The lowest BCUT2D eigenvalue weighted by Crippen LogP contribution is -2.47. The minimum atomic E-state index is -0.0189. The molecule has 0 aromatic carbocycles. The monoisotopic (exact) mass is 252 g/mol. The molecule has 1 rings (SSSR count). The summed E-state index contributed by atoms with van der Waals surface area (Å²) in [6.45, 7) is 15.3. The molecular formula is C16H28O2. The minimum Gasteiger partial charge on any atom is -0.465 e. The van der Waals surface area contributed by atoms with Gasteiger partial charge in [0.1, 0.15) is 0 Å². The smallest absolute Gasteiger partial charge is 0.308 e. The summed E-state index contributed by atoms with van der Waals surface area (Å²) in [6, 6.07) is 0. The summed E-state index contributed by atoms with van der Waals surface area (Å²) < 4.78 is 5.48. The van der Waals surface area contributed by atoms with E-state index in [9.17, 15) is 4.79 Å². The average Bonchev–Trinajstić information content (AvgIpc) is 2.28. The van der Waals surface area contributed by atoms with Crippen LogP contribution >= 0.6 is 0 Å². The largest absolute Gasteiger partial charge is 0.465 e. The van der Waals surface area contributed by atoms with E-state index in [0.29, 0.717) is 18.4 Å². The van der Waals surface area contributed by atoms with Crippen molar-refractivity contribution in [2.24, 2.45) is 23.2 Å². The number of ether oxygens (including phenoxy) is 1.